The summed E-state index contributed by atoms with van der Waals surface area (Å²) in [6.45, 7) is 1.49. The number of anilines is 1. The van der Waals surface area contributed by atoms with Crippen LogP contribution in [0.2, 0.25) is 0 Å². The Bertz CT molecular complexity index is 343. The second kappa shape index (κ2) is 6.77. The van der Waals surface area contributed by atoms with Gasteiger partial charge in [-0.15, -0.1) is 0 Å². The van der Waals surface area contributed by atoms with Gasteiger partial charge in [0.05, 0.1) is 0 Å². The molecular formula is C13H17NO2. The largest absolute Gasteiger partial charge is 0.326 e. The maximum absolute atomic E-state index is 10.8. The molecule has 0 atom stereocenters. The zero-order valence-corrected chi connectivity index (χ0v) is 9.53. The van der Waals surface area contributed by atoms with Crippen LogP contribution in [0.5, 0.6) is 0 Å². The topological polar surface area (TPSA) is 46.2 Å². The van der Waals surface area contributed by atoms with Gasteiger partial charge in [-0.1, -0.05) is 12.1 Å². The first-order valence-electron chi connectivity index (χ1n) is 5.52. The minimum absolute atomic E-state index is 0.0567. The number of amides is 1. The molecule has 0 saturated carbocycles. The van der Waals surface area contributed by atoms with Crippen LogP contribution in [-0.2, 0) is 16.0 Å². The standard InChI is InChI=1S/C13H17NO2/c1-11(16)14-13-8-6-12(7-9-13)5-3-2-4-10-15/h6-10H,2-5H2,1H3,(H,14,16). The molecule has 0 saturated heterocycles. The van der Waals surface area contributed by atoms with Crippen molar-refractivity contribution < 1.29 is 9.59 Å². The molecule has 0 aliphatic carbocycles. The summed E-state index contributed by atoms with van der Waals surface area (Å²) in [5, 5.41) is 2.72. The van der Waals surface area contributed by atoms with Crippen molar-refractivity contribution in [2.24, 2.45) is 0 Å². The third-order valence-electron chi connectivity index (χ3n) is 2.31. The molecule has 0 heterocycles. The highest BCUT2D eigenvalue weighted by atomic mass is 16.1. The number of carbonyl (C=O) groups excluding carboxylic acids is 2. The number of aldehydes is 1. The summed E-state index contributed by atoms with van der Waals surface area (Å²) in [4.78, 5) is 20.9. The predicted molar refractivity (Wildman–Crippen MR) is 64.4 cm³/mol. The monoisotopic (exact) mass is 219 g/mol. The zero-order valence-electron chi connectivity index (χ0n) is 9.53. The summed E-state index contributed by atoms with van der Waals surface area (Å²) < 4.78 is 0. The lowest BCUT2D eigenvalue weighted by atomic mass is 10.1. The number of carbonyl (C=O) groups is 2. The van der Waals surface area contributed by atoms with Crippen LogP contribution in [0, 0.1) is 0 Å². The molecule has 1 rings (SSSR count). The molecule has 1 aromatic rings. The van der Waals surface area contributed by atoms with Gasteiger partial charge in [0.25, 0.3) is 0 Å². The predicted octanol–water partition coefficient (Wildman–Crippen LogP) is 2.56. The summed E-state index contributed by atoms with van der Waals surface area (Å²) in [5.41, 5.74) is 2.06. The van der Waals surface area contributed by atoms with Crippen molar-refractivity contribution in [2.75, 3.05) is 5.32 Å². The minimum atomic E-state index is -0.0567. The van der Waals surface area contributed by atoms with Gasteiger partial charge in [-0.05, 0) is 37.0 Å². The molecule has 0 bridgehead atoms. The van der Waals surface area contributed by atoms with Crippen LogP contribution in [0.25, 0.3) is 0 Å². The Morgan fingerprint density at radius 3 is 2.50 bits per heavy atom. The first-order chi connectivity index (χ1) is 7.72. The van der Waals surface area contributed by atoms with Crippen molar-refractivity contribution in [1.82, 2.24) is 0 Å². The number of rotatable bonds is 6. The summed E-state index contributed by atoms with van der Waals surface area (Å²) in [6.07, 6.45) is 4.55. The van der Waals surface area contributed by atoms with E-state index in [0.717, 1.165) is 31.2 Å². The van der Waals surface area contributed by atoms with Gasteiger partial charge >= 0.3 is 0 Å². The minimum Gasteiger partial charge on any atom is -0.326 e. The van der Waals surface area contributed by atoms with Crippen molar-refractivity contribution in [3.8, 4) is 0 Å². The molecule has 0 spiro atoms. The van der Waals surface area contributed by atoms with Crippen LogP contribution in [0.3, 0.4) is 0 Å². The van der Waals surface area contributed by atoms with Crippen LogP contribution in [0.4, 0.5) is 5.69 Å². The highest BCUT2D eigenvalue weighted by molar-refractivity contribution is 5.88. The van der Waals surface area contributed by atoms with Gasteiger partial charge in [-0.2, -0.15) is 0 Å². The highest BCUT2D eigenvalue weighted by Gasteiger charge is 1.96. The molecule has 16 heavy (non-hydrogen) atoms. The molecule has 0 aliphatic heterocycles. The van der Waals surface area contributed by atoms with Gasteiger partial charge < -0.3 is 10.1 Å². The maximum Gasteiger partial charge on any atom is 0.221 e. The van der Waals surface area contributed by atoms with Crippen molar-refractivity contribution >= 4 is 17.9 Å². The quantitative estimate of drug-likeness (QED) is 0.590. The van der Waals surface area contributed by atoms with E-state index in [-0.39, 0.29) is 5.91 Å². The van der Waals surface area contributed by atoms with Gasteiger partial charge in [0.15, 0.2) is 0 Å². The maximum atomic E-state index is 10.8. The normalized spacial score (nSPS) is 9.81. The lowest BCUT2D eigenvalue weighted by Gasteiger charge is -2.04. The Morgan fingerprint density at radius 1 is 1.25 bits per heavy atom. The average Bonchev–Trinajstić information content (AvgIpc) is 2.26. The zero-order chi connectivity index (χ0) is 11.8. The Hall–Kier alpha value is -1.64. The average molecular weight is 219 g/mol. The second-order valence-electron chi connectivity index (χ2n) is 3.79. The van der Waals surface area contributed by atoms with Crippen molar-refractivity contribution in [3.63, 3.8) is 0 Å². The molecule has 0 aliphatic rings. The highest BCUT2D eigenvalue weighted by Crippen LogP contribution is 2.11. The fourth-order valence-electron chi connectivity index (χ4n) is 1.51. The number of aryl methyl sites for hydroxylation is 1. The Morgan fingerprint density at radius 2 is 1.94 bits per heavy atom. The molecule has 0 aromatic heterocycles. The van der Waals surface area contributed by atoms with E-state index in [2.05, 4.69) is 5.32 Å². The van der Waals surface area contributed by atoms with Crippen LogP contribution < -0.4 is 5.32 Å². The van der Waals surface area contributed by atoms with Gasteiger partial charge in [0.2, 0.25) is 5.91 Å². The van der Waals surface area contributed by atoms with Crippen LogP contribution in [-0.4, -0.2) is 12.2 Å². The van der Waals surface area contributed by atoms with Crippen LogP contribution >= 0.6 is 0 Å². The third-order valence-corrected chi connectivity index (χ3v) is 2.31. The van der Waals surface area contributed by atoms with Crippen molar-refractivity contribution in [2.45, 2.75) is 32.6 Å². The van der Waals surface area contributed by atoms with E-state index in [1.165, 1.54) is 12.5 Å². The first kappa shape index (κ1) is 12.4. The lowest BCUT2D eigenvalue weighted by molar-refractivity contribution is -0.114. The summed E-state index contributed by atoms with van der Waals surface area (Å²) in [7, 11) is 0. The molecule has 3 heteroatoms. The number of nitrogens with one attached hydrogen (secondary N) is 1. The van der Waals surface area contributed by atoms with Gasteiger partial charge in [-0.25, -0.2) is 0 Å². The lowest BCUT2D eigenvalue weighted by Crippen LogP contribution is -2.05. The first-order valence-corrected chi connectivity index (χ1v) is 5.52. The Balaban J connectivity index is 2.38. The van der Waals surface area contributed by atoms with E-state index >= 15 is 0 Å². The van der Waals surface area contributed by atoms with Gasteiger partial charge in [0.1, 0.15) is 6.29 Å². The number of unbranched alkanes of at least 4 members (excludes halogenated alkanes) is 2. The van der Waals surface area contributed by atoms with E-state index in [9.17, 15) is 9.59 Å². The van der Waals surface area contributed by atoms with E-state index in [1.807, 2.05) is 24.3 Å². The van der Waals surface area contributed by atoms with E-state index < -0.39 is 0 Å². The smallest absolute Gasteiger partial charge is 0.221 e. The van der Waals surface area contributed by atoms with Gasteiger partial charge in [0, 0.05) is 19.0 Å². The van der Waals surface area contributed by atoms with Crippen molar-refractivity contribution in [1.29, 1.82) is 0 Å². The van der Waals surface area contributed by atoms with Crippen LogP contribution in [0.1, 0.15) is 31.7 Å². The van der Waals surface area contributed by atoms with E-state index in [4.69, 9.17) is 0 Å². The molecule has 1 amide bonds. The molecule has 86 valence electrons. The molecule has 3 nitrogen and oxygen atoms in total. The third kappa shape index (κ3) is 4.73. The number of hydrogen-bond donors (Lipinski definition) is 1. The number of hydrogen-bond acceptors (Lipinski definition) is 2. The van der Waals surface area contributed by atoms with Crippen molar-refractivity contribution in [3.05, 3.63) is 29.8 Å². The summed E-state index contributed by atoms with van der Waals surface area (Å²) in [5.74, 6) is -0.0567. The SMILES string of the molecule is CC(=O)Nc1ccc(CCCCC=O)cc1. The molecule has 0 fully saturated rings. The fraction of sp³-hybridized carbons (Fsp3) is 0.385. The van der Waals surface area contributed by atoms with Gasteiger partial charge in [-0.3, -0.25) is 4.79 Å². The fourth-order valence-corrected chi connectivity index (χ4v) is 1.51. The molecule has 1 N–H and O–H groups in total. The Kier molecular flexibility index (Phi) is 5.26. The Labute approximate surface area is 95.9 Å². The molecule has 0 unspecified atom stereocenters. The molecule has 0 radical (unpaired) electrons. The summed E-state index contributed by atoms with van der Waals surface area (Å²) >= 11 is 0. The van der Waals surface area contributed by atoms with E-state index in [0.29, 0.717) is 6.42 Å². The second-order valence-corrected chi connectivity index (χ2v) is 3.79. The summed E-state index contributed by atoms with van der Waals surface area (Å²) in [6, 6.07) is 7.81. The van der Waals surface area contributed by atoms with E-state index in [1.54, 1.807) is 0 Å². The number of benzene rings is 1. The molecule has 1 aromatic carbocycles. The van der Waals surface area contributed by atoms with Crippen LogP contribution in [0.15, 0.2) is 24.3 Å². The molecular weight excluding hydrogens is 202 g/mol.